The van der Waals surface area contributed by atoms with Gasteiger partial charge >= 0.3 is 5.97 Å². The summed E-state index contributed by atoms with van der Waals surface area (Å²) in [6.45, 7) is 2.23. The molecule has 25 heavy (non-hydrogen) atoms. The lowest BCUT2D eigenvalue weighted by Crippen LogP contribution is -2.29. The molecule has 7 heteroatoms. The maximum absolute atomic E-state index is 12.2. The highest BCUT2D eigenvalue weighted by Crippen LogP contribution is 2.18. The number of ether oxygens (including phenoxy) is 1. The number of hydrogen-bond donors (Lipinski definition) is 2. The fourth-order valence-corrected chi connectivity index (χ4v) is 2.65. The van der Waals surface area contributed by atoms with Gasteiger partial charge in [-0.25, -0.2) is 4.79 Å². The molecule has 0 aliphatic rings. The zero-order chi connectivity index (χ0) is 18.1. The van der Waals surface area contributed by atoms with Gasteiger partial charge in [0.25, 0.3) is 11.8 Å². The fraction of sp³-hybridized carbons (Fsp3) is 0.278. The van der Waals surface area contributed by atoms with Gasteiger partial charge in [-0.3, -0.25) is 9.59 Å². The number of anilines is 1. The third-order valence-electron chi connectivity index (χ3n) is 3.33. The molecule has 0 fully saturated rings. The van der Waals surface area contributed by atoms with Crippen molar-refractivity contribution in [3.05, 3.63) is 52.2 Å². The molecular formula is C18H20N2O4S. The van der Waals surface area contributed by atoms with Gasteiger partial charge in [-0.1, -0.05) is 31.5 Å². The summed E-state index contributed by atoms with van der Waals surface area (Å²) in [4.78, 5) is 36.5. The van der Waals surface area contributed by atoms with Crippen molar-refractivity contribution in [2.45, 2.75) is 19.8 Å². The Hall–Kier alpha value is -2.67. The molecule has 2 amide bonds. The van der Waals surface area contributed by atoms with E-state index in [0.29, 0.717) is 17.1 Å². The fourth-order valence-electron chi connectivity index (χ4n) is 2.03. The van der Waals surface area contributed by atoms with Crippen LogP contribution in [0.15, 0.2) is 41.8 Å². The van der Waals surface area contributed by atoms with Crippen molar-refractivity contribution in [2.75, 3.05) is 18.5 Å². The van der Waals surface area contributed by atoms with Crippen LogP contribution in [0.3, 0.4) is 0 Å². The van der Waals surface area contributed by atoms with Crippen molar-refractivity contribution in [1.82, 2.24) is 5.32 Å². The van der Waals surface area contributed by atoms with Gasteiger partial charge < -0.3 is 15.4 Å². The molecule has 0 unspecified atom stereocenters. The molecule has 1 aromatic heterocycles. The van der Waals surface area contributed by atoms with Crippen molar-refractivity contribution in [3.63, 3.8) is 0 Å². The molecule has 2 aromatic rings. The van der Waals surface area contributed by atoms with Gasteiger partial charge in [0.1, 0.15) is 0 Å². The molecule has 0 spiro atoms. The number of thiophene rings is 1. The smallest absolute Gasteiger partial charge is 0.340 e. The Kier molecular flexibility index (Phi) is 7.16. The van der Waals surface area contributed by atoms with Gasteiger partial charge in [0, 0.05) is 6.54 Å². The minimum absolute atomic E-state index is 0.203. The van der Waals surface area contributed by atoms with Crippen molar-refractivity contribution >= 4 is 34.8 Å². The highest BCUT2D eigenvalue weighted by atomic mass is 32.1. The summed E-state index contributed by atoms with van der Waals surface area (Å²) in [6, 6.07) is 10.0. The van der Waals surface area contributed by atoms with Crippen molar-refractivity contribution in [3.8, 4) is 0 Å². The Bertz CT molecular complexity index is 728. The van der Waals surface area contributed by atoms with Gasteiger partial charge in [-0.2, -0.15) is 0 Å². The van der Waals surface area contributed by atoms with Crippen LogP contribution >= 0.6 is 11.3 Å². The minimum atomic E-state index is -0.660. The number of hydrogen-bond acceptors (Lipinski definition) is 5. The summed E-state index contributed by atoms with van der Waals surface area (Å²) >= 11 is 1.31. The normalized spacial score (nSPS) is 10.1. The first-order valence-corrected chi connectivity index (χ1v) is 8.87. The molecule has 0 aliphatic heterocycles. The predicted octanol–water partition coefficient (Wildman–Crippen LogP) is 3.07. The van der Waals surface area contributed by atoms with Crippen molar-refractivity contribution in [1.29, 1.82) is 0 Å². The topological polar surface area (TPSA) is 84.5 Å². The van der Waals surface area contributed by atoms with Crippen LogP contribution in [0.1, 0.15) is 39.8 Å². The molecule has 6 nitrogen and oxygen atoms in total. The second kappa shape index (κ2) is 9.58. The third kappa shape index (κ3) is 5.72. The number of carbonyl (C=O) groups excluding carboxylic acids is 3. The molecule has 0 aliphatic carbocycles. The van der Waals surface area contributed by atoms with Crippen LogP contribution in [0.25, 0.3) is 0 Å². The number of para-hydroxylation sites is 1. The number of rotatable bonds is 8. The summed E-state index contributed by atoms with van der Waals surface area (Å²) in [7, 11) is 0. The molecule has 0 atom stereocenters. The average molecular weight is 360 g/mol. The summed E-state index contributed by atoms with van der Waals surface area (Å²) < 4.78 is 5.03. The van der Waals surface area contributed by atoms with Gasteiger partial charge in [0.15, 0.2) is 6.61 Å². The first-order chi connectivity index (χ1) is 12.1. The van der Waals surface area contributed by atoms with E-state index in [1.807, 2.05) is 6.92 Å². The Balaban J connectivity index is 1.96. The van der Waals surface area contributed by atoms with Crippen LogP contribution in [0.4, 0.5) is 5.69 Å². The predicted molar refractivity (Wildman–Crippen MR) is 96.9 cm³/mol. The lowest BCUT2D eigenvalue weighted by Gasteiger charge is -2.10. The molecule has 2 N–H and O–H groups in total. The zero-order valence-corrected chi connectivity index (χ0v) is 14.7. The van der Waals surface area contributed by atoms with E-state index in [2.05, 4.69) is 10.6 Å². The minimum Gasteiger partial charge on any atom is -0.452 e. The second-order valence-corrected chi connectivity index (χ2v) is 6.20. The molecule has 0 radical (unpaired) electrons. The van der Waals surface area contributed by atoms with Crippen LogP contribution in [-0.2, 0) is 9.53 Å². The number of unbranched alkanes of at least 4 members (excludes halogenated alkanes) is 1. The number of carbonyl (C=O) groups is 3. The summed E-state index contributed by atoms with van der Waals surface area (Å²) in [6.07, 6.45) is 1.84. The van der Waals surface area contributed by atoms with E-state index in [1.54, 1.807) is 41.8 Å². The van der Waals surface area contributed by atoms with E-state index < -0.39 is 5.97 Å². The maximum Gasteiger partial charge on any atom is 0.340 e. The summed E-state index contributed by atoms with van der Waals surface area (Å²) in [5.74, 6) is -1.30. The highest BCUT2D eigenvalue weighted by molar-refractivity contribution is 7.12. The SMILES string of the molecule is CCCCNC(=O)COC(=O)c1ccccc1NC(=O)c1cccs1. The molecule has 1 heterocycles. The van der Waals surface area contributed by atoms with Crippen molar-refractivity contribution in [2.24, 2.45) is 0 Å². The van der Waals surface area contributed by atoms with Crippen LogP contribution in [-0.4, -0.2) is 30.9 Å². The van der Waals surface area contributed by atoms with Gasteiger partial charge in [0.05, 0.1) is 16.1 Å². The molecule has 1 aromatic carbocycles. The average Bonchev–Trinajstić information content (AvgIpc) is 3.15. The zero-order valence-electron chi connectivity index (χ0n) is 13.9. The number of esters is 1. The highest BCUT2D eigenvalue weighted by Gasteiger charge is 2.16. The van der Waals surface area contributed by atoms with Gasteiger partial charge in [0.2, 0.25) is 0 Å². The molecular weight excluding hydrogens is 340 g/mol. The summed E-state index contributed by atoms with van der Waals surface area (Å²) in [5, 5.41) is 7.16. The monoisotopic (exact) mass is 360 g/mol. The van der Waals surface area contributed by atoms with Crippen LogP contribution in [0, 0.1) is 0 Å². The van der Waals surface area contributed by atoms with Crippen LogP contribution in [0.5, 0.6) is 0 Å². The van der Waals surface area contributed by atoms with Gasteiger partial charge in [-0.15, -0.1) is 11.3 Å². The standard InChI is InChI=1S/C18H20N2O4S/c1-2-3-10-19-16(21)12-24-18(23)13-7-4-5-8-14(13)20-17(22)15-9-6-11-25-15/h4-9,11H,2-3,10,12H2,1H3,(H,19,21)(H,20,22). The Morgan fingerprint density at radius 3 is 2.64 bits per heavy atom. The number of nitrogens with one attached hydrogen (secondary N) is 2. The number of amides is 2. The lowest BCUT2D eigenvalue weighted by atomic mass is 10.2. The van der Waals surface area contributed by atoms with Gasteiger partial charge in [-0.05, 0) is 30.0 Å². The second-order valence-electron chi connectivity index (χ2n) is 5.26. The Labute approximate surface area is 150 Å². The third-order valence-corrected chi connectivity index (χ3v) is 4.20. The Morgan fingerprint density at radius 2 is 1.92 bits per heavy atom. The van der Waals surface area contributed by atoms with Crippen LogP contribution < -0.4 is 10.6 Å². The first-order valence-electron chi connectivity index (χ1n) is 7.99. The largest absolute Gasteiger partial charge is 0.452 e. The molecule has 0 bridgehead atoms. The molecule has 0 saturated carbocycles. The van der Waals surface area contributed by atoms with E-state index in [1.165, 1.54) is 11.3 Å². The Morgan fingerprint density at radius 1 is 1.12 bits per heavy atom. The van der Waals surface area contributed by atoms with E-state index in [-0.39, 0.29) is 24.0 Å². The van der Waals surface area contributed by atoms with Crippen LogP contribution in [0.2, 0.25) is 0 Å². The summed E-state index contributed by atoms with van der Waals surface area (Å²) in [5.41, 5.74) is 0.547. The van der Waals surface area contributed by atoms with E-state index in [0.717, 1.165) is 12.8 Å². The first kappa shape index (κ1) is 18.7. The molecule has 132 valence electrons. The quantitative estimate of drug-likeness (QED) is 0.560. The van der Waals surface area contributed by atoms with Crippen molar-refractivity contribution < 1.29 is 19.1 Å². The maximum atomic E-state index is 12.2. The number of benzene rings is 1. The molecule has 2 rings (SSSR count). The van der Waals surface area contributed by atoms with E-state index in [9.17, 15) is 14.4 Å². The van der Waals surface area contributed by atoms with E-state index >= 15 is 0 Å². The lowest BCUT2D eigenvalue weighted by molar-refractivity contribution is -0.124. The van der Waals surface area contributed by atoms with E-state index in [4.69, 9.17) is 4.74 Å². The molecule has 0 saturated heterocycles.